The number of aromatic nitrogens is 4. The number of fused-ring (bicyclic) bond motifs is 2. The molecule has 2 aromatic carbocycles. The molecule has 1 aromatic heterocycles. The number of likely N-dealkylation sites (N-methyl/N-ethyl adjacent to an activating group) is 1. The molecule has 0 unspecified atom stereocenters. The van der Waals surface area contributed by atoms with Crippen LogP contribution in [0.3, 0.4) is 0 Å². The molecule has 3 aliphatic rings. The van der Waals surface area contributed by atoms with Gasteiger partial charge in [-0.25, -0.2) is 0 Å². The molecule has 0 bridgehead atoms. The first kappa shape index (κ1) is 24.6. The van der Waals surface area contributed by atoms with Gasteiger partial charge in [-0.2, -0.15) is 4.68 Å². The molecule has 38 heavy (non-hydrogen) atoms. The summed E-state index contributed by atoms with van der Waals surface area (Å²) in [5, 5.41) is 21.9. The minimum atomic E-state index is -0.269. The first-order valence-corrected chi connectivity index (χ1v) is 12.8. The fourth-order valence-corrected chi connectivity index (χ4v) is 5.55. The zero-order chi connectivity index (χ0) is 26.2. The van der Waals surface area contributed by atoms with Crippen LogP contribution in [-0.2, 0) is 6.42 Å². The number of hydrogen-bond donors (Lipinski definition) is 1. The predicted octanol–water partition coefficient (Wildman–Crippen LogP) is 0.727. The van der Waals surface area contributed by atoms with Crippen LogP contribution in [0.4, 0.5) is 0 Å². The van der Waals surface area contributed by atoms with Crippen molar-refractivity contribution in [1.82, 2.24) is 34.9 Å². The highest BCUT2D eigenvalue weighted by atomic mass is 16.7. The van der Waals surface area contributed by atoms with Crippen LogP contribution < -0.4 is 14.2 Å². The van der Waals surface area contributed by atoms with E-state index in [0.29, 0.717) is 48.3 Å². The van der Waals surface area contributed by atoms with Crippen molar-refractivity contribution in [1.29, 1.82) is 0 Å². The normalized spacial score (nSPS) is 19.4. The van der Waals surface area contributed by atoms with Crippen LogP contribution in [0.15, 0.2) is 30.3 Å². The van der Waals surface area contributed by atoms with Crippen molar-refractivity contribution in [3.05, 3.63) is 52.8 Å². The summed E-state index contributed by atoms with van der Waals surface area (Å²) in [5.41, 5.74) is 3.46. The minimum Gasteiger partial charge on any atom is -0.492 e. The van der Waals surface area contributed by atoms with E-state index < -0.39 is 0 Å². The van der Waals surface area contributed by atoms with Crippen LogP contribution in [0.25, 0.3) is 5.69 Å². The van der Waals surface area contributed by atoms with Gasteiger partial charge in [-0.3, -0.25) is 14.6 Å². The van der Waals surface area contributed by atoms with Crippen LogP contribution in [0.2, 0.25) is 0 Å². The topological polar surface area (TPSA) is 118 Å². The quantitative estimate of drug-likeness (QED) is 0.497. The van der Waals surface area contributed by atoms with Crippen molar-refractivity contribution in [2.45, 2.75) is 12.5 Å². The number of piperazine rings is 1. The summed E-state index contributed by atoms with van der Waals surface area (Å²) < 4.78 is 18.9. The Morgan fingerprint density at radius 2 is 1.92 bits per heavy atom. The molecular weight excluding hydrogens is 490 g/mol. The van der Waals surface area contributed by atoms with Gasteiger partial charge in [0.15, 0.2) is 17.3 Å². The molecule has 1 amide bonds. The van der Waals surface area contributed by atoms with Crippen molar-refractivity contribution in [2.75, 3.05) is 66.8 Å². The van der Waals surface area contributed by atoms with Gasteiger partial charge < -0.3 is 24.2 Å². The average molecular weight is 522 g/mol. The monoisotopic (exact) mass is 521 g/mol. The summed E-state index contributed by atoms with van der Waals surface area (Å²) in [7, 11) is 3.67. The molecule has 1 N–H and O–H groups in total. The van der Waals surface area contributed by atoms with Crippen LogP contribution in [-0.4, -0.2) is 113 Å². The lowest BCUT2D eigenvalue weighted by atomic mass is 9.90. The summed E-state index contributed by atoms with van der Waals surface area (Å²) in [6.45, 7) is 4.56. The fraction of sp³-hybridized carbons (Fsp3) is 0.462. The Balaban J connectivity index is 1.28. The molecule has 1 saturated heterocycles. The number of aliphatic hydroxyl groups is 1. The lowest BCUT2D eigenvalue weighted by molar-refractivity contribution is 0.0615. The average Bonchev–Trinajstić information content (AvgIpc) is 3.62. The van der Waals surface area contributed by atoms with Crippen LogP contribution in [0, 0.1) is 0 Å². The van der Waals surface area contributed by atoms with E-state index >= 15 is 0 Å². The van der Waals surface area contributed by atoms with E-state index in [2.05, 4.69) is 25.3 Å². The number of β-amino-alcohol motifs (C(OH)–C–C–N with tert-alkyl or cyclic N) is 1. The summed E-state index contributed by atoms with van der Waals surface area (Å²) in [6, 6.07) is 9.14. The SMILES string of the molecule is COc1c2c(cc3c1[C@H](c1nnnn1-c1ccc(C(=O)N4CCN(CCO)CC4)cc1)N(C)CC3)OCO2. The number of benzene rings is 2. The molecule has 1 fully saturated rings. The molecule has 1 atom stereocenters. The van der Waals surface area contributed by atoms with Crippen LogP contribution in [0.5, 0.6) is 17.2 Å². The van der Waals surface area contributed by atoms with Crippen molar-refractivity contribution < 1.29 is 24.1 Å². The lowest BCUT2D eigenvalue weighted by Crippen LogP contribution is -2.49. The maximum absolute atomic E-state index is 13.1. The predicted molar refractivity (Wildman–Crippen MR) is 136 cm³/mol. The van der Waals surface area contributed by atoms with Crippen LogP contribution in [0.1, 0.15) is 33.4 Å². The molecule has 0 radical (unpaired) electrons. The van der Waals surface area contributed by atoms with Crippen molar-refractivity contribution in [2.24, 2.45) is 0 Å². The Labute approximate surface area is 220 Å². The molecule has 12 heteroatoms. The van der Waals surface area contributed by atoms with E-state index in [1.807, 2.05) is 42.3 Å². The molecule has 3 aliphatic heterocycles. The number of aliphatic hydroxyl groups excluding tert-OH is 1. The highest BCUT2D eigenvalue weighted by molar-refractivity contribution is 5.94. The standard InChI is InChI=1S/C26H31N7O5/c1-30-8-7-18-15-20-23(38-16-37-20)24(36-2)21(18)22(30)25-27-28-29-33(25)19-5-3-17(4-6-19)26(35)32-11-9-31(10-12-32)13-14-34/h3-6,15,22,34H,7-14,16H2,1-2H3/t22-/m1/s1. The fourth-order valence-electron chi connectivity index (χ4n) is 5.55. The zero-order valence-corrected chi connectivity index (χ0v) is 21.5. The van der Waals surface area contributed by atoms with Crippen molar-refractivity contribution >= 4 is 5.91 Å². The lowest BCUT2D eigenvalue weighted by Gasteiger charge is -2.35. The van der Waals surface area contributed by atoms with Gasteiger partial charge in [0.1, 0.15) is 6.04 Å². The van der Waals surface area contributed by atoms with Gasteiger partial charge >= 0.3 is 0 Å². The zero-order valence-electron chi connectivity index (χ0n) is 21.5. The van der Waals surface area contributed by atoms with Gasteiger partial charge in [-0.1, -0.05) is 0 Å². The van der Waals surface area contributed by atoms with Crippen molar-refractivity contribution in [3.8, 4) is 22.9 Å². The number of hydrogen-bond acceptors (Lipinski definition) is 10. The molecule has 0 spiro atoms. The van der Waals surface area contributed by atoms with E-state index in [-0.39, 0.29) is 25.3 Å². The number of tetrazole rings is 1. The maximum Gasteiger partial charge on any atom is 0.253 e. The first-order chi connectivity index (χ1) is 18.6. The smallest absolute Gasteiger partial charge is 0.253 e. The van der Waals surface area contributed by atoms with E-state index in [9.17, 15) is 4.79 Å². The Bertz CT molecular complexity index is 1320. The Kier molecular flexibility index (Phi) is 6.60. The molecule has 0 saturated carbocycles. The summed E-state index contributed by atoms with van der Waals surface area (Å²) in [6.07, 6.45) is 0.835. The van der Waals surface area contributed by atoms with Gasteiger partial charge in [0.05, 0.1) is 19.4 Å². The van der Waals surface area contributed by atoms with Crippen molar-refractivity contribution in [3.63, 3.8) is 0 Å². The third kappa shape index (κ3) is 4.24. The molecule has 6 rings (SSSR count). The number of nitrogens with zero attached hydrogens (tertiary/aromatic N) is 7. The molecular formula is C26H31N7O5. The largest absolute Gasteiger partial charge is 0.492 e. The second-order valence-corrected chi connectivity index (χ2v) is 9.70. The summed E-state index contributed by atoms with van der Waals surface area (Å²) in [5.74, 6) is 2.58. The summed E-state index contributed by atoms with van der Waals surface area (Å²) >= 11 is 0. The molecule has 4 heterocycles. The second kappa shape index (κ2) is 10.2. The first-order valence-electron chi connectivity index (χ1n) is 12.8. The highest BCUT2D eigenvalue weighted by Crippen LogP contribution is 2.50. The maximum atomic E-state index is 13.1. The van der Waals surface area contributed by atoms with E-state index in [1.165, 1.54) is 0 Å². The van der Waals surface area contributed by atoms with Gasteiger partial charge in [0, 0.05) is 50.4 Å². The molecule has 12 nitrogen and oxygen atoms in total. The Hall–Kier alpha value is -3.74. The third-order valence-corrected chi connectivity index (χ3v) is 7.57. The van der Waals surface area contributed by atoms with Gasteiger partial charge in [-0.15, -0.1) is 5.10 Å². The number of methoxy groups -OCH3 is 1. The van der Waals surface area contributed by atoms with E-state index in [0.717, 1.165) is 42.9 Å². The molecule has 0 aliphatic carbocycles. The number of amides is 1. The highest BCUT2D eigenvalue weighted by Gasteiger charge is 2.37. The number of carbonyl (C=O) groups is 1. The minimum absolute atomic E-state index is 0.00103. The number of ether oxygens (including phenoxy) is 3. The Morgan fingerprint density at radius 1 is 1.13 bits per heavy atom. The van der Waals surface area contributed by atoms with Gasteiger partial charge in [0.2, 0.25) is 12.5 Å². The number of carbonyl (C=O) groups excluding carboxylic acids is 1. The Morgan fingerprint density at radius 3 is 2.66 bits per heavy atom. The van der Waals surface area contributed by atoms with Gasteiger partial charge in [0.25, 0.3) is 5.91 Å². The molecule has 3 aromatic rings. The third-order valence-electron chi connectivity index (χ3n) is 7.57. The summed E-state index contributed by atoms with van der Waals surface area (Å²) in [4.78, 5) is 19.3. The second-order valence-electron chi connectivity index (χ2n) is 9.70. The van der Waals surface area contributed by atoms with Crippen LogP contribution >= 0.6 is 0 Å². The molecule has 200 valence electrons. The van der Waals surface area contributed by atoms with Gasteiger partial charge in [-0.05, 0) is 59.8 Å². The number of rotatable bonds is 6. The van der Waals surface area contributed by atoms with E-state index in [4.69, 9.17) is 19.3 Å². The van der Waals surface area contributed by atoms with E-state index in [1.54, 1.807) is 11.8 Å².